The molecule has 0 spiro atoms. The number of nitrogens with one attached hydrogen (secondary N) is 1. The molecule has 0 amide bonds. The molecule has 2 rings (SSSR count). The van der Waals surface area contributed by atoms with E-state index >= 15 is 0 Å². The first-order valence-electron chi connectivity index (χ1n) is 6.20. The van der Waals surface area contributed by atoms with Crippen LogP contribution in [0.2, 0.25) is 10.0 Å². The maximum Gasteiger partial charge on any atom is 0.276 e. The quantitative estimate of drug-likeness (QED) is 0.621. The van der Waals surface area contributed by atoms with Crippen molar-refractivity contribution >= 4 is 39.4 Å². The highest BCUT2D eigenvalue weighted by Gasteiger charge is 2.14. The highest BCUT2D eigenvalue weighted by atomic mass is 35.5. The Morgan fingerprint density at radius 3 is 2.52 bits per heavy atom. The molecule has 0 atom stereocenters. The number of hydrazone groups is 1. The van der Waals surface area contributed by atoms with Gasteiger partial charge >= 0.3 is 0 Å². The summed E-state index contributed by atoms with van der Waals surface area (Å²) in [7, 11) is -2.45. The molecule has 0 aliphatic heterocycles. The second-order valence-electron chi connectivity index (χ2n) is 4.36. The number of ether oxygens (including phenoxy) is 1. The fraction of sp³-hybridized carbons (Fsp3) is 0.0714. The van der Waals surface area contributed by atoms with E-state index < -0.39 is 10.0 Å². The van der Waals surface area contributed by atoms with E-state index in [1.165, 1.54) is 43.7 Å². The van der Waals surface area contributed by atoms with Crippen LogP contribution in [0.15, 0.2) is 46.4 Å². The highest BCUT2D eigenvalue weighted by Crippen LogP contribution is 2.26. The molecule has 0 bridgehead atoms. The monoisotopic (exact) mass is 374 g/mol. The van der Waals surface area contributed by atoms with Gasteiger partial charge in [-0.1, -0.05) is 23.2 Å². The molecule has 0 heterocycles. The molecule has 0 saturated heterocycles. The normalized spacial score (nSPS) is 11.6. The molecule has 23 heavy (non-hydrogen) atoms. The molecule has 6 nitrogen and oxygen atoms in total. The number of phenols is 1. The second-order valence-corrected chi connectivity index (χ2v) is 6.84. The van der Waals surface area contributed by atoms with Gasteiger partial charge in [0.15, 0.2) is 11.5 Å². The number of benzene rings is 2. The van der Waals surface area contributed by atoms with Crippen molar-refractivity contribution in [1.29, 1.82) is 0 Å². The summed E-state index contributed by atoms with van der Waals surface area (Å²) in [6.07, 6.45) is 1.24. The van der Waals surface area contributed by atoms with Crippen LogP contribution in [0.5, 0.6) is 11.5 Å². The maximum absolute atomic E-state index is 12.1. The van der Waals surface area contributed by atoms with Gasteiger partial charge in [0.1, 0.15) is 0 Å². The number of phenolic OH excluding ortho intramolecular Hbond substituents is 1. The van der Waals surface area contributed by atoms with Crippen LogP contribution in [0.25, 0.3) is 0 Å². The van der Waals surface area contributed by atoms with E-state index in [0.29, 0.717) is 11.3 Å². The standard InChI is InChI=1S/C14H12Cl2N2O4S/c1-22-14-5-2-9(6-13(14)19)8-17-18-23(20,21)10-3-4-11(15)12(16)7-10/h2-8,18-19H,1H3/b17-8+. The van der Waals surface area contributed by atoms with Crippen molar-refractivity contribution in [2.45, 2.75) is 4.90 Å². The lowest BCUT2D eigenvalue weighted by atomic mass is 10.2. The number of hydrogen-bond donors (Lipinski definition) is 2. The third-order valence-corrected chi connectivity index (χ3v) is 4.75. The van der Waals surface area contributed by atoms with Crippen molar-refractivity contribution in [3.8, 4) is 11.5 Å². The van der Waals surface area contributed by atoms with Gasteiger partial charge in [-0.05, 0) is 42.0 Å². The Balaban J connectivity index is 2.15. The first-order valence-corrected chi connectivity index (χ1v) is 8.44. The van der Waals surface area contributed by atoms with Crippen molar-refractivity contribution in [3.63, 3.8) is 0 Å². The Morgan fingerprint density at radius 2 is 1.91 bits per heavy atom. The predicted molar refractivity (Wildman–Crippen MR) is 89.0 cm³/mol. The molecular formula is C14H12Cl2N2O4S. The first-order chi connectivity index (χ1) is 10.8. The average molecular weight is 375 g/mol. The van der Waals surface area contributed by atoms with Crippen LogP contribution in [0, 0.1) is 0 Å². The van der Waals surface area contributed by atoms with E-state index in [-0.39, 0.29) is 20.7 Å². The van der Waals surface area contributed by atoms with E-state index in [1.54, 1.807) is 6.07 Å². The summed E-state index contributed by atoms with van der Waals surface area (Å²) < 4.78 is 29.0. The summed E-state index contributed by atoms with van der Waals surface area (Å²) in [6, 6.07) is 8.44. The molecule has 0 saturated carbocycles. The molecule has 9 heteroatoms. The Labute approximate surface area is 143 Å². The van der Waals surface area contributed by atoms with Crippen molar-refractivity contribution in [2.75, 3.05) is 7.11 Å². The first kappa shape index (κ1) is 17.4. The van der Waals surface area contributed by atoms with Gasteiger partial charge in [-0.2, -0.15) is 13.5 Å². The van der Waals surface area contributed by atoms with Gasteiger partial charge in [-0.15, -0.1) is 0 Å². The van der Waals surface area contributed by atoms with Crippen LogP contribution >= 0.6 is 23.2 Å². The summed E-state index contributed by atoms with van der Waals surface area (Å²) in [5.41, 5.74) is 0.486. The SMILES string of the molecule is COc1ccc(/C=N/NS(=O)(=O)c2ccc(Cl)c(Cl)c2)cc1O. The number of hydrogen-bond acceptors (Lipinski definition) is 5. The lowest BCUT2D eigenvalue weighted by Gasteiger charge is -2.05. The largest absolute Gasteiger partial charge is 0.504 e. The summed E-state index contributed by atoms with van der Waals surface area (Å²) in [4.78, 5) is 1.98. The zero-order valence-corrected chi connectivity index (χ0v) is 14.2. The molecule has 2 aromatic carbocycles. The highest BCUT2D eigenvalue weighted by molar-refractivity contribution is 7.89. The number of methoxy groups -OCH3 is 1. The Morgan fingerprint density at radius 1 is 1.17 bits per heavy atom. The van der Waals surface area contributed by atoms with Gasteiger partial charge in [-0.25, -0.2) is 4.83 Å². The lowest BCUT2D eigenvalue weighted by molar-refractivity contribution is 0.373. The minimum atomic E-state index is -3.87. The predicted octanol–water partition coefficient (Wildman–Crippen LogP) is 3.02. The van der Waals surface area contributed by atoms with Gasteiger partial charge in [0.2, 0.25) is 0 Å². The van der Waals surface area contributed by atoms with Crippen LogP contribution in [0.1, 0.15) is 5.56 Å². The zero-order valence-electron chi connectivity index (χ0n) is 11.8. The van der Waals surface area contributed by atoms with Crippen LogP contribution in [0.3, 0.4) is 0 Å². The summed E-state index contributed by atoms with van der Waals surface area (Å²) in [5.74, 6) is 0.224. The van der Waals surface area contributed by atoms with Gasteiger partial charge in [0.25, 0.3) is 10.0 Å². The Hall–Kier alpha value is -1.96. The molecule has 0 fully saturated rings. The van der Waals surface area contributed by atoms with E-state index in [1.807, 2.05) is 4.83 Å². The minimum absolute atomic E-state index is 0.0679. The summed E-state index contributed by atoms with van der Waals surface area (Å²) in [6.45, 7) is 0. The zero-order chi connectivity index (χ0) is 17.0. The molecular weight excluding hydrogens is 363 g/mol. The van der Waals surface area contributed by atoms with Crippen molar-refractivity contribution in [3.05, 3.63) is 52.0 Å². The van der Waals surface area contributed by atoms with E-state index in [4.69, 9.17) is 27.9 Å². The second kappa shape index (κ2) is 7.08. The van der Waals surface area contributed by atoms with Crippen LogP contribution in [-0.2, 0) is 10.0 Å². The van der Waals surface area contributed by atoms with Gasteiger partial charge < -0.3 is 9.84 Å². The number of aromatic hydroxyl groups is 1. The lowest BCUT2D eigenvalue weighted by Crippen LogP contribution is -2.18. The molecule has 0 aromatic heterocycles. The summed E-state index contributed by atoms with van der Waals surface area (Å²) >= 11 is 11.5. The van der Waals surface area contributed by atoms with Crippen molar-refractivity contribution < 1.29 is 18.3 Å². The number of sulfonamides is 1. The van der Waals surface area contributed by atoms with Crippen LogP contribution in [-0.4, -0.2) is 26.8 Å². The molecule has 2 aromatic rings. The smallest absolute Gasteiger partial charge is 0.276 e. The van der Waals surface area contributed by atoms with Gasteiger partial charge in [0, 0.05) is 0 Å². The maximum atomic E-state index is 12.1. The molecule has 0 aliphatic carbocycles. The fourth-order valence-electron chi connectivity index (χ4n) is 1.65. The minimum Gasteiger partial charge on any atom is -0.504 e. The average Bonchev–Trinajstić information content (AvgIpc) is 2.50. The molecule has 0 radical (unpaired) electrons. The van der Waals surface area contributed by atoms with Crippen molar-refractivity contribution in [2.24, 2.45) is 5.10 Å². The van der Waals surface area contributed by atoms with Gasteiger partial charge in [0.05, 0.1) is 28.3 Å². The van der Waals surface area contributed by atoms with Crippen LogP contribution in [0.4, 0.5) is 0 Å². The molecule has 0 aliphatic rings. The fourth-order valence-corrected chi connectivity index (χ4v) is 2.83. The molecule has 2 N–H and O–H groups in total. The van der Waals surface area contributed by atoms with Gasteiger partial charge in [-0.3, -0.25) is 0 Å². The number of rotatable bonds is 5. The molecule has 0 unspecified atom stereocenters. The number of nitrogens with zero attached hydrogens (tertiary/aromatic N) is 1. The summed E-state index contributed by atoms with van der Waals surface area (Å²) in [5, 5.41) is 13.7. The Bertz CT molecular complexity index is 854. The number of halogens is 2. The third kappa shape index (κ3) is 4.28. The van der Waals surface area contributed by atoms with E-state index in [0.717, 1.165) is 0 Å². The van der Waals surface area contributed by atoms with E-state index in [9.17, 15) is 13.5 Å². The van der Waals surface area contributed by atoms with Crippen molar-refractivity contribution in [1.82, 2.24) is 4.83 Å². The van der Waals surface area contributed by atoms with E-state index in [2.05, 4.69) is 5.10 Å². The van der Waals surface area contributed by atoms with Crippen LogP contribution < -0.4 is 9.57 Å². The molecule has 122 valence electrons. The topological polar surface area (TPSA) is 88.0 Å². The Kier molecular flexibility index (Phi) is 5.35. The third-order valence-electron chi connectivity index (χ3n) is 2.79.